The van der Waals surface area contributed by atoms with Gasteiger partial charge in [-0.05, 0) is 88.2 Å². The molecule has 1 atom stereocenters. The summed E-state index contributed by atoms with van der Waals surface area (Å²) in [6, 6.07) is 12.4. The molecule has 0 unspecified atom stereocenters. The van der Waals surface area contributed by atoms with Crippen LogP contribution in [-0.2, 0) is 29.2 Å². The molecule has 274 valence electrons. The number of halogens is 5. The largest absolute Gasteiger partial charge is 0.497 e. The summed E-state index contributed by atoms with van der Waals surface area (Å²) in [5, 5.41) is 0. The van der Waals surface area contributed by atoms with Crippen molar-refractivity contribution in [1.29, 1.82) is 0 Å². The van der Waals surface area contributed by atoms with E-state index in [9.17, 15) is 21.6 Å². The molecule has 15 heteroatoms. The molecule has 0 bridgehead atoms. The van der Waals surface area contributed by atoms with E-state index in [1.807, 2.05) is 19.0 Å². The Kier molecular flexibility index (Phi) is 11.1. The maximum absolute atomic E-state index is 16.1. The van der Waals surface area contributed by atoms with Crippen LogP contribution >= 0.6 is 0 Å². The van der Waals surface area contributed by atoms with E-state index in [0.29, 0.717) is 55.6 Å². The number of likely N-dealkylation sites (N-methyl/N-ethyl adjacent to an activating group) is 1. The lowest BCUT2D eigenvalue weighted by Crippen LogP contribution is -2.56. The Bertz CT molecular complexity index is 1940. The van der Waals surface area contributed by atoms with Gasteiger partial charge in [-0.2, -0.15) is 13.2 Å². The first-order valence-electron chi connectivity index (χ1n) is 16.2. The molecule has 1 fully saturated rings. The van der Waals surface area contributed by atoms with Crippen molar-refractivity contribution in [3.8, 4) is 11.5 Å². The minimum Gasteiger partial charge on any atom is -0.497 e. The predicted molar refractivity (Wildman–Crippen MR) is 184 cm³/mol. The summed E-state index contributed by atoms with van der Waals surface area (Å²) in [5.74, 6) is -1.94. The first kappa shape index (κ1) is 37.7. The number of anilines is 2. The van der Waals surface area contributed by atoms with Gasteiger partial charge in [-0.1, -0.05) is 12.1 Å². The lowest BCUT2D eigenvalue weighted by Gasteiger charge is -2.48. The number of aromatic nitrogens is 2. The Morgan fingerprint density at radius 3 is 2.31 bits per heavy atom. The Balaban J connectivity index is 1.45. The third-order valence-electron chi connectivity index (χ3n) is 9.52. The number of benzene rings is 3. The normalized spacial score (nSPS) is 16.7. The van der Waals surface area contributed by atoms with Crippen LogP contribution in [0.5, 0.6) is 11.5 Å². The summed E-state index contributed by atoms with van der Waals surface area (Å²) in [6.07, 6.45) is 0.143. The molecule has 4 aromatic rings. The predicted octanol–water partition coefficient (Wildman–Crippen LogP) is 7.03. The maximum atomic E-state index is 16.1. The third kappa shape index (κ3) is 8.04. The molecule has 0 spiro atoms. The van der Waals surface area contributed by atoms with Gasteiger partial charge in [-0.3, -0.25) is 0 Å². The summed E-state index contributed by atoms with van der Waals surface area (Å²) in [7, 11) is 1.71. The van der Waals surface area contributed by atoms with Crippen molar-refractivity contribution in [2.45, 2.75) is 55.8 Å². The van der Waals surface area contributed by atoms with E-state index < -0.39 is 43.8 Å². The number of methoxy groups -OCH3 is 2. The molecule has 1 saturated heterocycles. The Hall–Kier alpha value is -4.50. The van der Waals surface area contributed by atoms with Crippen LogP contribution < -0.4 is 18.7 Å². The lowest BCUT2D eigenvalue weighted by molar-refractivity contribution is -0.138. The number of ether oxygens (including phenoxy) is 2. The highest BCUT2D eigenvalue weighted by Gasteiger charge is 2.39. The van der Waals surface area contributed by atoms with Gasteiger partial charge in [0.25, 0.3) is 10.0 Å². The second-order valence-electron chi connectivity index (χ2n) is 12.8. The van der Waals surface area contributed by atoms with Crippen LogP contribution in [0.25, 0.3) is 0 Å². The first-order chi connectivity index (χ1) is 24.1. The van der Waals surface area contributed by atoms with Crippen LogP contribution in [0, 0.1) is 18.6 Å². The lowest BCUT2D eigenvalue weighted by atomic mass is 9.82. The molecule has 1 aliphatic heterocycles. The molecule has 0 radical (unpaired) electrons. The standard InChI is InChI=1S/C36H40F5N5O4S/c1-24-7-8-25(17-29(24)36(39,40)41)11-14-35(44(2)3)13-6-16-45(22-35)27-18-30(37)34(31(38)19-27)51(47,48)46(33-12-15-42-23-43-33)21-26-9-10-28(49-4)20-32(26)50-5/h7-10,12,15,17-20,23H,6,11,13-14,16,21-22H2,1-5H3/t35-/m1/s1. The van der Waals surface area contributed by atoms with Crippen molar-refractivity contribution < 1.29 is 39.8 Å². The van der Waals surface area contributed by atoms with Crippen molar-refractivity contribution in [3.63, 3.8) is 0 Å². The van der Waals surface area contributed by atoms with E-state index in [2.05, 4.69) is 9.97 Å². The van der Waals surface area contributed by atoms with E-state index in [1.54, 1.807) is 29.2 Å². The van der Waals surface area contributed by atoms with E-state index in [-0.39, 0.29) is 29.4 Å². The number of hydrogen-bond donors (Lipinski definition) is 0. The summed E-state index contributed by atoms with van der Waals surface area (Å²) in [6.45, 7) is 1.80. The molecule has 0 aliphatic carbocycles. The van der Waals surface area contributed by atoms with Crippen LogP contribution in [-0.4, -0.2) is 70.2 Å². The van der Waals surface area contributed by atoms with Crippen molar-refractivity contribution in [2.24, 2.45) is 0 Å². The molecule has 3 aromatic carbocycles. The summed E-state index contributed by atoms with van der Waals surface area (Å²) in [4.78, 5) is 10.5. The SMILES string of the molecule is COc1ccc(CN(c2ccncn2)S(=O)(=O)c2c(F)cc(N3CCC[C@](CCc4ccc(C)c(C(F)(F)F)c4)(N(C)C)C3)cc2F)c(OC)c1. The van der Waals surface area contributed by atoms with E-state index in [1.165, 1.54) is 45.5 Å². The Morgan fingerprint density at radius 2 is 1.71 bits per heavy atom. The van der Waals surface area contributed by atoms with Gasteiger partial charge in [0.15, 0.2) is 4.90 Å². The number of aryl methyl sites for hydroxylation is 2. The zero-order valence-electron chi connectivity index (χ0n) is 29.0. The highest BCUT2D eigenvalue weighted by molar-refractivity contribution is 7.92. The van der Waals surface area contributed by atoms with Crippen LogP contribution in [0.4, 0.5) is 33.5 Å². The average molecular weight is 734 g/mol. The van der Waals surface area contributed by atoms with Crippen molar-refractivity contribution in [1.82, 2.24) is 14.9 Å². The van der Waals surface area contributed by atoms with Crippen molar-refractivity contribution >= 4 is 21.5 Å². The molecule has 9 nitrogen and oxygen atoms in total. The summed E-state index contributed by atoms with van der Waals surface area (Å²) >= 11 is 0. The average Bonchev–Trinajstić information content (AvgIpc) is 3.09. The Labute approximate surface area is 294 Å². The van der Waals surface area contributed by atoms with Gasteiger partial charge in [0.2, 0.25) is 0 Å². The number of piperidine rings is 1. The van der Waals surface area contributed by atoms with Gasteiger partial charge in [-0.15, -0.1) is 0 Å². The molecule has 1 aromatic heterocycles. The molecule has 1 aliphatic rings. The molecular formula is C36H40F5N5O4S. The number of rotatable bonds is 12. The molecular weight excluding hydrogens is 693 g/mol. The number of hydrogen-bond acceptors (Lipinski definition) is 8. The van der Waals surface area contributed by atoms with Gasteiger partial charge in [0.05, 0.1) is 26.3 Å². The first-order valence-corrected chi connectivity index (χ1v) is 17.6. The highest BCUT2D eigenvalue weighted by atomic mass is 32.2. The van der Waals surface area contributed by atoms with Crippen LogP contribution in [0.1, 0.15) is 41.5 Å². The summed E-state index contributed by atoms with van der Waals surface area (Å²) in [5.41, 5.74) is -0.000405. The number of sulfonamides is 1. The molecule has 0 N–H and O–H groups in total. The van der Waals surface area contributed by atoms with E-state index >= 15 is 8.78 Å². The van der Waals surface area contributed by atoms with Gasteiger partial charge >= 0.3 is 6.18 Å². The van der Waals surface area contributed by atoms with Gasteiger partial charge in [0, 0.05) is 48.2 Å². The smallest absolute Gasteiger partial charge is 0.416 e. The fourth-order valence-electron chi connectivity index (χ4n) is 6.58. The fraction of sp³-hybridized carbons (Fsp3) is 0.389. The Morgan fingerprint density at radius 1 is 0.980 bits per heavy atom. The molecule has 2 heterocycles. The third-order valence-corrected chi connectivity index (χ3v) is 11.3. The molecule has 51 heavy (non-hydrogen) atoms. The van der Waals surface area contributed by atoms with Gasteiger partial charge < -0.3 is 19.3 Å². The van der Waals surface area contributed by atoms with Crippen LogP contribution in [0.15, 0.2) is 72.0 Å². The quantitative estimate of drug-likeness (QED) is 0.144. The van der Waals surface area contributed by atoms with Gasteiger partial charge in [-0.25, -0.2) is 31.5 Å². The monoisotopic (exact) mass is 733 g/mol. The molecule has 0 saturated carbocycles. The molecule has 5 rings (SSSR count). The second-order valence-corrected chi connectivity index (χ2v) is 14.6. The summed E-state index contributed by atoms with van der Waals surface area (Å²) < 4.78 is 113. The van der Waals surface area contributed by atoms with Crippen molar-refractivity contribution in [2.75, 3.05) is 50.6 Å². The van der Waals surface area contributed by atoms with E-state index in [4.69, 9.17) is 9.47 Å². The minimum absolute atomic E-state index is 0.117. The fourth-order valence-corrected chi connectivity index (χ4v) is 8.07. The zero-order valence-corrected chi connectivity index (χ0v) is 29.8. The number of alkyl halides is 3. The van der Waals surface area contributed by atoms with Crippen molar-refractivity contribution in [3.05, 3.63) is 101 Å². The highest BCUT2D eigenvalue weighted by Crippen LogP contribution is 2.38. The zero-order chi connectivity index (χ0) is 37.1. The maximum Gasteiger partial charge on any atom is 0.416 e. The van der Waals surface area contributed by atoms with Gasteiger partial charge in [0.1, 0.15) is 35.3 Å². The van der Waals surface area contributed by atoms with Crippen LogP contribution in [0.2, 0.25) is 0 Å². The number of nitrogens with zero attached hydrogens (tertiary/aromatic N) is 5. The topological polar surface area (TPSA) is 88.1 Å². The minimum atomic E-state index is -4.90. The van der Waals surface area contributed by atoms with E-state index in [0.717, 1.165) is 22.8 Å². The van der Waals surface area contributed by atoms with Crippen LogP contribution in [0.3, 0.4) is 0 Å². The molecule has 0 amide bonds. The second kappa shape index (κ2) is 15.0.